The van der Waals surface area contributed by atoms with Gasteiger partial charge in [0, 0.05) is 18.4 Å². The molecule has 0 atom stereocenters. The molecule has 0 amide bonds. The lowest BCUT2D eigenvalue weighted by Crippen LogP contribution is -1.99. The fraction of sp³-hybridized carbons (Fsp3) is 0.154. The van der Waals surface area contributed by atoms with Gasteiger partial charge in [-0.3, -0.25) is 9.59 Å². The minimum absolute atomic E-state index is 0.000138. The molecular formula is C26H22O2. The Morgan fingerprint density at radius 2 is 1.43 bits per heavy atom. The zero-order valence-electron chi connectivity index (χ0n) is 16.2. The molecule has 138 valence electrons. The van der Waals surface area contributed by atoms with Crippen LogP contribution in [0.5, 0.6) is 0 Å². The van der Waals surface area contributed by atoms with E-state index < -0.39 is 0 Å². The van der Waals surface area contributed by atoms with Crippen molar-refractivity contribution in [3.05, 3.63) is 95.2 Å². The van der Waals surface area contributed by atoms with Crippen molar-refractivity contribution >= 4 is 11.6 Å². The van der Waals surface area contributed by atoms with Crippen molar-refractivity contribution in [2.45, 2.75) is 26.7 Å². The fourth-order valence-corrected chi connectivity index (χ4v) is 2.37. The molecule has 0 aliphatic heterocycles. The summed E-state index contributed by atoms with van der Waals surface area (Å²) in [5.41, 5.74) is 3.28. The van der Waals surface area contributed by atoms with E-state index in [1.54, 1.807) is 36.5 Å². The third-order valence-corrected chi connectivity index (χ3v) is 3.89. The standard InChI is InChI=1S/C26H22O2/c1-21-10-3-4-11-22(2)13-9-17-26(28)24-15-7-6-14-23(20-24)18-19-25(27)16-8-5-12-21/h5-9,12-15,17-19H,16,20H2,1-2H3/b8-5-,17-9+,19-18+,21-12+,22-13-. The summed E-state index contributed by atoms with van der Waals surface area (Å²) in [6.07, 6.45) is 22.1. The number of hydrogen-bond donors (Lipinski definition) is 0. The number of carbonyl (C=O) groups is 2. The molecule has 0 N–H and O–H groups in total. The number of rotatable bonds is 0. The molecular weight excluding hydrogens is 344 g/mol. The molecule has 2 heteroatoms. The first-order valence-electron chi connectivity index (χ1n) is 9.06. The number of fused-ring (bicyclic) bond motifs is 2. The van der Waals surface area contributed by atoms with E-state index in [2.05, 4.69) is 23.7 Å². The van der Waals surface area contributed by atoms with Crippen LogP contribution in [-0.4, -0.2) is 11.6 Å². The number of ketones is 2. The fourth-order valence-electron chi connectivity index (χ4n) is 2.37. The summed E-state index contributed by atoms with van der Waals surface area (Å²) in [6.45, 7) is 3.76. The molecule has 2 aliphatic rings. The highest BCUT2D eigenvalue weighted by atomic mass is 16.1. The first-order chi connectivity index (χ1) is 13.5. The largest absolute Gasteiger partial charge is 0.295 e. The van der Waals surface area contributed by atoms with Gasteiger partial charge in [0.1, 0.15) is 0 Å². The summed E-state index contributed by atoms with van der Waals surface area (Å²) in [7, 11) is 0. The van der Waals surface area contributed by atoms with Crippen LogP contribution >= 0.6 is 0 Å². The highest BCUT2D eigenvalue weighted by Crippen LogP contribution is 2.17. The first-order valence-corrected chi connectivity index (χ1v) is 9.06. The maximum absolute atomic E-state index is 12.5. The quantitative estimate of drug-likeness (QED) is 0.571. The molecule has 2 nitrogen and oxygen atoms in total. The third-order valence-electron chi connectivity index (χ3n) is 3.89. The maximum Gasteiger partial charge on any atom is 0.182 e. The van der Waals surface area contributed by atoms with Crippen LogP contribution in [0.15, 0.2) is 95.2 Å². The van der Waals surface area contributed by atoms with Crippen LogP contribution in [-0.2, 0) is 9.59 Å². The lowest BCUT2D eigenvalue weighted by molar-refractivity contribution is -0.114. The van der Waals surface area contributed by atoms with Crippen molar-refractivity contribution in [1.82, 2.24) is 0 Å². The Morgan fingerprint density at radius 1 is 0.750 bits per heavy atom. The molecule has 0 unspecified atom stereocenters. The zero-order chi connectivity index (χ0) is 20.2. The smallest absolute Gasteiger partial charge is 0.182 e. The van der Waals surface area contributed by atoms with Crippen molar-refractivity contribution in [3.8, 4) is 23.7 Å². The first kappa shape index (κ1) is 20.7. The average Bonchev–Trinajstić information content (AvgIpc) is 2.92. The van der Waals surface area contributed by atoms with Gasteiger partial charge in [0.15, 0.2) is 11.6 Å². The van der Waals surface area contributed by atoms with Gasteiger partial charge >= 0.3 is 0 Å². The normalized spacial score (nSPS) is 24.9. The van der Waals surface area contributed by atoms with Gasteiger partial charge < -0.3 is 0 Å². The van der Waals surface area contributed by atoms with Crippen LogP contribution in [0, 0.1) is 23.7 Å². The van der Waals surface area contributed by atoms with Gasteiger partial charge in [0.05, 0.1) is 0 Å². The molecule has 2 rings (SSSR count). The Balaban J connectivity index is 2.32. The zero-order valence-corrected chi connectivity index (χ0v) is 16.2. The minimum Gasteiger partial charge on any atom is -0.295 e. The Kier molecular flexibility index (Phi) is 8.25. The van der Waals surface area contributed by atoms with Crippen LogP contribution in [0.4, 0.5) is 0 Å². The summed E-state index contributed by atoms with van der Waals surface area (Å²) in [6, 6.07) is 0. The lowest BCUT2D eigenvalue weighted by Gasteiger charge is -2.03. The summed E-state index contributed by atoms with van der Waals surface area (Å²) in [4.78, 5) is 24.5. The Bertz CT molecular complexity index is 1010. The van der Waals surface area contributed by atoms with E-state index in [-0.39, 0.29) is 11.6 Å². The lowest BCUT2D eigenvalue weighted by atomic mass is 10.0. The SMILES string of the molecule is C/C1=C/C=C/C(=O)C2=CC=CC=C(/C=C/C(=O)C/C=C\C=C(/C)C#CC#C1)C2. The van der Waals surface area contributed by atoms with Gasteiger partial charge in [-0.05, 0) is 54.6 Å². The topological polar surface area (TPSA) is 34.1 Å². The number of hydrogen-bond acceptors (Lipinski definition) is 2. The van der Waals surface area contributed by atoms with Crippen molar-refractivity contribution in [1.29, 1.82) is 0 Å². The van der Waals surface area contributed by atoms with E-state index in [1.165, 1.54) is 6.08 Å². The molecule has 0 saturated heterocycles. The summed E-state index contributed by atoms with van der Waals surface area (Å²) in [5.74, 6) is 11.4. The van der Waals surface area contributed by atoms with Gasteiger partial charge in [-0.2, -0.15) is 0 Å². The van der Waals surface area contributed by atoms with E-state index >= 15 is 0 Å². The third kappa shape index (κ3) is 7.73. The van der Waals surface area contributed by atoms with Crippen molar-refractivity contribution in [2.24, 2.45) is 0 Å². The molecule has 0 saturated carbocycles. The molecule has 0 spiro atoms. The Hall–Kier alpha value is -3.62. The Labute approximate surface area is 167 Å². The molecule has 0 heterocycles. The minimum atomic E-state index is -0.0629. The van der Waals surface area contributed by atoms with E-state index in [1.807, 2.05) is 44.2 Å². The highest BCUT2D eigenvalue weighted by Gasteiger charge is 2.08. The second kappa shape index (κ2) is 11.2. The monoisotopic (exact) mass is 366 g/mol. The maximum atomic E-state index is 12.5. The second-order valence-electron chi connectivity index (χ2n) is 6.35. The van der Waals surface area contributed by atoms with E-state index in [9.17, 15) is 9.59 Å². The summed E-state index contributed by atoms with van der Waals surface area (Å²) < 4.78 is 0. The second-order valence-corrected chi connectivity index (χ2v) is 6.35. The predicted molar refractivity (Wildman–Crippen MR) is 115 cm³/mol. The molecule has 0 fully saturated rings. The highest BCUT2D eigenvalue weighted by molar-refractivity contribution is 6.04. The van der Waals surface area contributed by atoms with Crippen LogP contribution in [0.2, 0.25) is 0 Å². The Morgan fingerprint density at radius 3 is 2.18 bits per heavy atom. The van der Waals surface area contributed by atoms with Gasteiger partial charge in [0.25, 0.3) is 0 Å². The van der Waals surface area contributed by atoms with Crippen molar-refractivity contribution in [3.63, 3.8) is 0 Å². The molecule has 2 bridgehead atoms. The summed E-state index contributed by atoms with van der Waals surface area (Å²) >= 11 is 0. The van der Waals surface area contributed by atoms with Gasteiger partial charge in [0.2, 0.25) is 0 Å². The summed E-state index contributed by atoms with van der Waals surface area (Å²) in [5, 5.41) is 0. The van der Waals surface area contributed by atoms with Crippen molar-refractivity contribution in [2.75, 3.05) is 0 Å². The number of allylic oxidation sites excluding steroid dienone is 16. The molecule has 0 aromatic carbocycles. The van der Waals surface area contributed by atoms with E-state index in [0.717, 1.165) is 16.7 Å². The molecule has 28 heavy (non-hydrogen) atoms. The predicted octanol–water partition coefficient (Wildman–Crippen LogP) is 4.91. The number of carbonyl (C=O) groups excluding carboxylic acids is 2. The van der Waals surface area contributed by atoms with E-state index in [0.29, 0.717) is 18.4 Å². The van der Waals surface area contributed by atoms with Gasteiger partial charge in [-0.1, -0.05) is 72.6 Å². The molecule has 2 aliphatic carbocycles. The van der Waals surface area contributed by atoms with Crippen LogP contribution in [0.1, 0.15) is 26.7 Å². The van der Waals surface area contributed by atoms with Crippen LogP contribution < -0.4 is 0 Å². The van der Waals surface area contributed by atoms with Gasteiger partial charge in [-0.25, -0.2) is 0 Å². The molecule has 0 aromatic heterocycles. The molecule has 0 radical (unpaired) electrons. The molecule has 0 aromatic rings. The van der Waals surface area contributed by atoms with Crippen molar-refractivity contribution < 1.29 is 9.59 Å². The van der Waals surface area contributed by atoms with E-state index in [4.69, 9.17) is 0 Å². The van der Waals surface area contributed by atoms with Crippen LogP contribution in [0.3, 0.4) is 0 Å². The average molecular weight is 366 g/mol. The van der Waals surface area contributed by atoms with Gasteiger partial charge in [-0.15, -0.1) is 0 Å². The van der Waals surface area contributed by atoms with Crippen LogP contribution in [0.25, 0.3) is 0 Å².